The highest BCUT2D eigenvalue weighted by Crippen LogP contribution is 2.27. The van der Waals surface area contributed by atoms with Crippen molar-refractivity contribution in [2.45, 2.75) is 33.6 Å². The highest BCUT2D eigenvalue weighted by Gasteiger charge is 2.02. The number of unbranched alkanes of at least 4 members (excludes halogenated alkanes) is 1. The number of benzene rings is 2. The standard InChI is InChI=1S/C18H22O2/c1-4-5-12-19-16-7-9-17(10-8-16)20-18-11-6-14(2)13-15(18)3/h6-11,13H,4-5,12H2,1-3H3. The van der Waals surface area contributed by atoms with Gasteiger partial charge in [0, 0.05) is 0 Å². The molecule has 2 aromatic carbocycles. The molecule has 0 unspecified atom stereocenters. The summed E-state index contributed by atoms with van der Waals surface area (Å²) in [6.45, 7) is 7.07. The van der Waals surface area contributed by atoms with E-state index >= 15 is 0 Å². The average molecular weight is 270 g/mol. The van der Waals surface area contributed by atoms with Gasteiger partial charge in [0.25, 0.3) is 0 Å². The smallest absolute Gasteiger partial charge is 0.130 e. The van der Waals surface area contributed by atoms with E-state index in [1.807, 2.05) is 30.3 Å². The first kappa shape index (κ1) is 14.4. The summed E-state index contributed by atoms with van der Waals surface area (Å²) < 4.78 is 11.5. The molecule has 2 heteroatoms. The van der Waals surface area contributed by atoms with Crippen LogP contribution in [0, 0.1) is 13.8 Å². The number of hydrogen-bond donors (Lipinski definition) is 0. The highest BCUT2D eigenvalue weighted by molar-refractivity contribution is 5.40. The third-order valence-corrected chi connectivity index (χ3v) is 3.15. The van der Waals surface area contributed by atoms with Gasteiger partial charge in [-0.2, -0.15) is 0 Å². The monoisotopic (exact) mass is 270 g/mol. The van der Waals surface area contributed by atoms with Crippen LogP contribution in [-0.2, 0) is 0 Å². The summed E-state index contributed by atoms with van der Waals surface area (Å²) in [7, 11) is 0. The van der Waals surface area contributed by atoms with Crippen LogP contribution in [0.3, 0.4) is 0 Å². The van der Waals surface area contributed by atoms with E-state index < -0.39 is 0 Å². The van der Waals surface area contributed by atoms with Gasteiger partial charge in [0.1, 0.15) is 17.2 Å². The van der Waals surface area contributed by atoms with Crippen molar-refractivity contribution in [1.29, 1.82) is 0 Å². The van der Waals surface area contributed by atoms with E-state index in [2.05, 4.69) is 32.9 Å². The van der Waals surface area contributed by atoms with E-state index in [-0.39, 0.29) is 0 Å². The van der Waals surface area contributed by atoms with Gasteiger partial charge in [-0.25, -0.2) is 0 Å². The summed E-state index contributed by atoms with van der Waals surface area (Å²) in [5, 5.41) is 0. The molecule has 0 aliphatic carbocycles. The molecule has 0 fully saturated rings. The van der Waals surface area contributed by atoms with Gasteiger partial charge in [-0.1, -0.05) is 31.0 Å². The Bertz CT molecular complexity index is 544. The van der Waals surface area contributed by atoms with Crippen LogP contribution in [-0.4, -0.2) is 6.61 Å². The first-order chi connectivity index (χ1) is 9.69. The van der Waals surface area contributed by atoms with E-state index in [0.29, 0.717) is 0 Å². The zero-order chi connectivity index (χ0) is 14.4. The Morgan fingerprint density at radius 1 is 0.900 bits per heavy atom. The van der Waals surface area contributed by atoms with E-state index in [0.717, 1.165) is 42.3 Å². The van der Waals surface area contributed by atoms with Crippen LogP contribution in [0.25, 0.3) is 0 Å². The molecule has 0 aliphatic heterocycles. The molecular weight excluding hydrogens is 248 g/mol. The second-order valence-electron chi connectivity index (χ2n) is 5.04. The highest BCUT2D eigenvalue weighted by atomic mass is 16.5. The zero-order valence-electron chi connectivity index (χ0n) is 12.5. The lowest BCUT2D eigenvalue weighted by molar-refractivity contribution is 0.309. The molecule has 0 saturated carbocycles. The van der Waals surface area contributed by atoms with Gasteiger partial charge >= 0.3 is 0 Å². The van der Waals surface area contributed by atoms with Crippen molar-refractivity contribution < 1.29 is 9.47 Å². The Kier molecular flexibility index (Phi) is 5.05. The predicted molar refractivity (Wildman–Crippen MR) is 82.8 cm³/mol. The second kappa shape index (κ2) is 6.99. The molecule has 0 saturated heterocycles. The van der Waals surface area contributed by atoms with E-state index in [1.165, 1.54) is 5.56 Å². The lowest BCUT2D eigenvalue weighted by Gasteiger charge is -2.10. The van der Waals surface area contributed by atoms with Crippen molar-refractivity contribution in [3.63, 3.8) is 0 Å². The van der Waals surface area contributed by atoms with Crippen molar-refractivity contribution in [2.24, 2.45) is 0 Å². The molecule has 0 aliphatic rings. The molecule has 20 heavy (non-hydrogen) atoms. The van der Waals surface area contributed by atoms with Crippen molar-refractivity contribution in [1.82, 2.24) is 0 Å². The fourth-order valence-corrected chi connectivity index (χ4v) is 1.98. The number of hydrogen-bond acceptors (Lipinski definition) is 2. The van der Waals surface area contributed by atoms with Crippen LogP contribution in [0.5, 0.6) is 17.2 Å². The van der Waals surface area contributed by atoms with Gasteiger partial charge < -0.3 is 9.47 Å². The van der Waals surface area contributed by atoms with Crippen molar-refractivity contribution in [2.75, 3.05) is 6.61 Å². The molecule has 0 spiro atoms. The molecule has 106 valence electrons. The van der Waals surface area contributed by atoms with Gasteiger partial charge in [-0.15, -0.1) is 0 Å². The first-order valence-corrected chi connectivity index (χ1v) is 7.17. The van der Waals surface area contributed by atoms with Crippen LogP contribution >= 0.6 is 0 Å². The summed E-state index contributed by atoms with van der Waals surface area (Å²) in [5.41, 5.74) is 2.39. The number of rotatable bonds is 6. The quantitative estimate of drug-likeness (QED) is 0.665. The molecule has 0 aromatic heterocycles. The molecule has 0 amide bonds. The zero-order valence-corrected chi connectivity index (χ0v) is 12.5. The predicted octanol–water partition coefficient (Wildman–Crippen LogP) is 5.27. The van der Waals surface area contributed by atoms with Gasteiger partial charge in [-0.05, 0) is 56.2 Å². The van der Waals surface area contributed by atoms with Crippen LogP contribution < -0.4 is 9.47 Å². The maximum atomic E-state index is 5.89. The third kappa shape index (κ3) is 4.02. The molecule has 2 rings (SSSR count). The van der Waals surface area contributed by atoms with E-state index in [4.69, 9.17) is 9.47 Å². The largest absolute Gasteiger partial charge is 0.494 e. The SMILES string of the molecule is CCCCOc1ccc(Oc2ccc(C)cc2C)cc1. The van der Waals surface area contributed by atoms with E-state index in [9.17, 15) is 0 Å². The minimum Gasteiger partial charge on any atom is -0.494 e. The van der Waals surface area contributed by atoms with Gasteiger partial charge in [0.05, 0.1) is 6.61 Å². The first-order valence-electron chi connectivity index (χ1n) is 7.17. The normalized spacial score (nSPS) is 10.3. The van der Waals surface area contributed by atoms with Crippen LogP contribution in [0.15, 0.2) is 42.5 Å². The molecule has 2 aromatic rings. The Labute approximate surface area is 121 Å². The fourth-order valence-electron chi connectivity index (χ4n) is 1.98. The lowest BCUT2D eigenvalue weighted by atomic mass is 10.1. The summed E-state index contributed by atoms with van der Waals surface area (Å²) in [6.07, 6.45) is 2.23. The van der Waals surface area contributed by atoms with Gasteiger partial charge in [0.2, 0.25) is 0 Å². The summed E-state index contributed by atoms with van der Waals surface area (Å²) in [5.74, 6) is 2.63. The maximum Gasteiger partial charge on any atom is 0.130 e. The molecule has 0 atom stereocenters. The summed E-state index contributed by atoms with van der Waals surface area (Å²) >= 11 is 0. The molecule has 0 heterocycles. The molecule has 0 bridgehead atoms. The van der Waals surface area contributed by atoms with Gasteiger partial charge in [0.15, 0.2) is 0 Å². The third-order valence-electron chi connectivity index (χ3n) is 3.15. The van der Waals surface area contributed by atoms with Crippen LogP contribution in [0.4, 0.5) is 0 Å². The topological polar surface area (TPSA) is 18.5 Å². The second-order valence-corrected chi connectivity index (χ2v) is 5.04. The van der Waals surface area contributed by atoms with Crippen molar-refractivity contribution >= 4 is 0 Å². The molecule has 0 radical (unpaired) electrons. The molecule has 2 nitrogen and oxygen atoms in total. The minimum absolute atomic E-state index is 0.772. The van der Waals surface area contributed by atoms with Gasteiger partial charge in [-0.3, -0.25) is 0 Å². The van der Waals surface area contributed by atoms with Crippen molar-refractivity contribution in [3.8, 4) is 17.2 Å². The Balaban J connectivity index is 1.99. The van der Waals surface area contributed by atoms with Crippen LogP contribution in [0.1, 0.15) is 30.9 Å². The average Bonchev–Trinajstić information content (AvgIpc) is 2.44. The maximum absolute atomic E-state index is 5.89. The summed E-state index contributed by atoms with van der Waals surface area (Å²) in [4.78, 5) is 0. The van der Waals surface area contributed by atoms with E-state index in [1.54, 1.807) is 0 Å². The van der Waals surface area contributed by atoms with Crippen molar-refractivity contribution in [3.05, 3.63) is 53.6 Å². The summed E-state index contributed by atoms with van der Waals surface area (Å²) in [6, 6.07) is 14.0. The lowest BCUT2D eigenvalue weighted by Crippen LogP contribution is -1.96. The molecule has 0 N–H and O–H groups in total. The Hall–Kier alpha value is -1.96. The Morgan fingerprint density at radius 2 is 1.60 bits per heavy atom. The minimum atomic E-state index is 0.772. The molecular formula is C18H22O2. The number of aryl methyl sites for hydroxylation is 2. The van der Waals surface area contributed by atoms with Crippen LogP contribution in [0.2, 0.25) is 0 Å². The fraction of sp³-hybridized carbons (Fsp3) is 0.333. The Morgan fingerprint density at radius 3 is 2.25 bits per heavy atom. The number of ether oxygens (including phenoxy) is 2.